The van der Waals surface area contributed by atoms with E-state index >= 15 is 0 Å². The monoisotopic (exact) mass is 330 g/mol. The number of halogens is 1. The maximum atomic E-state index is 14.2. The summed E-state index contributed by atoms with van der Waals surface area (Å²) >= 11 is 1.45. The molecule has 0 saturated heterocycles. The number of rotatable bonds is 5. The van der Waals surface area contributed by atoms with Gasteiger partial charge in [0.1, 0.15) is 5.82 Å². The molecular formula is C17H15FN2O2S. The average Bonchev–Trinajstić information content (AvgIpc) is 3.19. The van der Waals surface area contributed by atoms with Crippen molar-refractivity contribution in [3.8, 4) is 22.0 Å². The van der Waals surface area contributed by atoms with E-state index in [2.05, 4.69) is 10.3 Å². The number of amides is 1. The zero-order valence-electron chi connectivity index (χ0n) is 12.5. The van der Waals surface area contributed by atoms with Crippen molar-refractivity contribution in [1.82, 2.24) is 10.3 Å². The summed E-state index contributed by atoms with van der Waals surface area (Å²) in [6, 6.07) is 8.70. The Bertz CT molecular complexity index is 812. The first-order chi connectivity index (χ1) is 11.1. The van der Waals surface area contributed by atoms with Crippen molar-refractivity contribution < 1.29 is 13.6 Å². The summed E-state index contributed by atoms with van der Waals surface area (Å²) in [7, 11) is 0. The van der Waals surface area contributed by atoms with Gasteiger partial charge in [0, 0.05) is 24.4 Å². The zero-order valence-corrected chi connectivity index (χ0v) is 13.3. The topological polar surface area (TPSA) is 55.1 Å². The van der Waals surface area contributed by atoms with Crippen molar-refractivity contribution in [2.24, 2.45) is 0 Å². The molecule has 0 aliphatic rings. The minimum atomic E-state index is -0.291. The predicted octanol–water partition coefficient (Wildman–Crippen LogP) is 3.89. The van der Waals surface area contributed by atoms with Gasteiger partial charge in [0.2, 0.25) is 5.91 Å². The molecule has 0 spiro atoms. The van der Waals surface area contributed by atoms with Crippen LogP contribution >= 0.6 is 11.3 Å². The van der Waals surface area contributed by atoms with Gasteiger partial charge in [-0.1, -0.05) is 12.1 Å². The van der Waals surface area contributed by atoms with Crippen molar-refractivity contribution in [1.29, 1.82) is 0 Å². The van der Waals surface area contributed by atoms with Crippen LogP contribution in [0.3, 0.4) is 0 Å². The van der Waals surface area contributed by atoms with Crippen molar-refractivity contribution in [3.05, 3.63) is 53.4 Å². The number of hydrogen-bond acceptors (Lipinski definition) is 4. The van der Waals surface area contributed by atoms with Crippen molar-refractivity contribution in [2.45, 2.75) is 13.3 Å². The van der Waals surface area contributed by atoms with E-state index in [9.17, 15) is 9.18 Å². The number of thiazole rings is 1. The Morgan fingerprint density at radius 3 is 2.96 bits per heavy atom. The number of nitrogens with one attached hydrogen (secondary N) is 1. The molecule has 6 heteroatoms. The van der Waals surface area contributed by atoms with Crippen LogP contribution in [-0.2, 0) is 11.2 Å². The molecule has 0 fully saturated rings. The fourth-order valence-electron chi connectivity index (χ4n) is 2.20. The Labute approximate surface area is 137 Å². The third-order valence-corrected chi connectivity index (χ3v) is 4.21. The highest BCUT2D eigenvalue weighted by Crippen LogP contribution is 2.29. The lowest BCUT2D eigenvalue weighted by Gasteiger charge is -2.05. The smallest absolute Gasteiger partial charge is 0.216 e. The lowest BCUT2D eigenvalue weighted by atomic mass is 10.1. The summed E-state index contributed by atoms with van der Waals surface area (Å²) in [6.45, 7) is 1.86. The van der Waals surface area contributed by atoms with E-state index in [1.807, 2.05) is 17.5 Å². The molecule has 0 unspecified atom stereocenters. The van der Waals surface area contributed by atoms with Gasteiger partial charge in [-0.05, 0) is 30.2 Å². The number of furan rings is 1. The SMILES string of the molecule is CC(=O)NCCc1ccc(-c2csc(-c3ccco3)n2)cc1F. The third kappa shape index (κ3) is 3.65. The van der Waals surface area contributed by atoms with Crippen LogP contribution in [0.4, 0.5) is 4.39 Å². The predicted molar refractivity (Wildman–Crippen MR) is 87.6 cm³/mol. The molecule has 118 valence electrons. The summed E-state index contributed by atoms with van der Waals surface area (Å²) < 4.78 is 19.5. The molecule has 0 saturated carbocycles. The van der Waals surface area contributed by atoms with Gasteiger partial charge in [-0.3, -0.25) is 4.79 Å². The van der Waals surface area contributed by atoms with Gasteiger partial charge in [-0.25, -0.2) is 9.37 Å². The van der Waals surface area contributed by atoms with Gasteiger partial charge in [-0.2, -0.15) is 0 Å². The fourth-order valence-corrected chi connectivity index (χ4v) is 3.00. The number of aromatic nitrogens is 1. The lowest BCUT2D eigenvalue weighted by Crippen LogP contribution is -2.22. The van der Waals surface area contributed by atoms with Crippen LogP contribution in [0.15, 0.2) is 46.4 Å². The quantitative estimate of drug-likeness (QED) is 0.772. The van der Waals surface area contributed by atoms with Crippen LogP contribution in [0.1, 0.15) is 12.5 Å². The highest BCUT2D eigenvalue weighted by Gasteiger charge is 2.11. The Morgan fingerprint density at radius 1 is 1.39 bits per heavy atom. The molecule has 2 heterocycles. The molecule has 4 nitrogen and oxygen atoms in total. The molecule has 23 heavy (non-hydrogen) atoms. The first kappa shape index (κ1) is 15.4. The van der Waals surface area contributed by atoms with Crippen LogP contribution in [0, 0.1) is 5.82 Å². The molecule has 1 aromatic carbocycles. The summed E-state index contributed by atoms with van der Waals surface area (Å²) in [5.74, 6) is 0.295. The summed E-state index contributed by atoms with van der Waals surface area (Å²) in [4.78, 5) is 15.3. The lowest BCUT2D eigenvalue weighted by molar-refractivity contribution is -0.118. The summed E-state index contributed by atoms with van der Waals surface area (Å²) in [5, 5.41) is 5.30. The van der Waals surface area contributed by atoms with E-state index in [-0.39, 0.29) is 11.7 Å². The van der Waals surface area contributed by atoms with Crippen molar-refractivity contribution in [2.75, 3.05) is 6.54 Å². The second-order valence-electron chi connectivity index (χ2n) is 5.05. The van der Waals surface area contributed by atoms with E-state index in [1.165, 1.54) is 24.3 Å². The van der Waals surface area contributed by atoms with E-state index in [0.29, 0.717) is 30.0 Å². The molecule has 1 amide bonds. The van der Waals surface area contributed by atoms with Gasteiger partial charge in [0.15, 0.2) is 10.8 Å². The first-order valence-electron chi connectivity index (χ1n) is 7.16. The van der Waals surface area contributed by atoms with Crippen LogP contribution in [0.2, 0.25) is 0 Å². The number of nitrogens with zero attached hydrogens (tertiary/aromatic N) is 1. The first-order valence-corrected chi connectivity index (χ1v) is 8.04. The Kier molecular flexibility index (Phi) is 4.52. The molecule has 0 aliphatic carbocycles. The minimum Gasteiger partial charge on any atom is -0.462 e. The highest BCUT2D eigenvalue weighted by molar-refractivity contribution is 7.13. The molecule has 0 aliphatic heterocycles. The molecule has 0 atom stereocenters. The molecule has 0 radical (unpaired) electrons. The van der Waals surface area contributed by atoms with E-state index in [4.69, 9.17) is 4.42 Å². The van der Waals surface area contributed by atoms with Crippen molar-refractivity contribution in [3.63, 3.8) is 0 Å². The normalized spacial score (nSPS) is 10.7. The van der Waals surface area contributed by atoms with Gasteiger partial charge in [-0.15, -0.1) is 11.3 Å². The van der Waals surface area contributed by atoms with Crippen LogP contribution < -0.4 is 5.32 Å². The van der Waals surface area contributed by atoms with Crippen LogP contribution in [0.25, 0.3) is 22.0 Å². The molecule has 1 N–H and O–H groups in total. The minimum absolute atomic E-state index is 0.116. The van der Waals surface area contributed by atoms with Crippen molar-refractivity contribution >= 4 is 17.2 Å². The highest BCUT2D eigenvalue weighted by atomic mass is 32.1. The maximum Gasteiger partial charge on any atom is 0.216 e. The number of benzene rings is 1. The molecule has 3 aromatic rings. The average molecular weight is 330 g/mol. The van der Waals surface area contributed by atoms with Gasteiger partial charge in [0.25, 0.3) is 0 Å². The zero-order chi connectivity index (χ0) is 16.2. The summed E-state index contributed by atoms with van der Waals surface area (Å²) in [5.41, 5.74) is 2.01. The van der Waals surface area contributed by atoms with E-state index in [1.54, 1.807) is 18.4 Å². The third-order valence-electron chi connectivity index (χ3n) is 3.35. The fraction of sp³-hybridized carbons (Fsp3) is 0.176. The molecule has 3 rings (SSSR count). The second-order valence-corrected chi connectivity index (χ2v) is 5.91. The number of hydrogen-bond donors (Lipinski definition) is 1. The number of carbonyl (C=O) groups excluding carboxylic acids is 1. The number of carbonyl (C=O) groups is 1. The standard InChI is InChI=1S/C17H15FN2O2S/c1-11(21)19-7-6-12-4-5-13(9-14(12)18)15-10-23-17(20-15)16-3-2-8-22-16/h2-5,8-10H,6-7H2,1H3,(H,19,21). The Balaban J connectivity index is 1.76. The van der Waals surface area contributed by atoms with Gasteiger partial charge < -0.3 is 9.73 Å². The van der Waals surface area contributed by atoms with E-state index in [0.717, 1.165) is 10.6 Å². The Hall–Kier alpha value is -2.47. The largest absolute Gasteiger partial charge is 0.462 e. The van der Waals surface area contributed by atoms with Gasteiger partial charge >= 0.3 is 0 Å². The molecule has 2 aromatic heterocycles. The molecular weight excluding hydrogens is 315 g/mol. The Morgan fingerprint density at radius 2 is 2.26 bits per heavy atom. The second kappa shape index (κ2) is 6.75. The van der Waals surface area contributed by atoms with E-state index < -0.39 is 0 Å². The maximum absolute atomic E-state index is 14.2. The van der Waals surface area contributed by atoms with Crippen LogP contribution in [0.5, 0.6) is 0 Å². The van der Waals surface area contributed by atoms with Gasteiger partial charge in [0.05, 0.1) is 12.0 Å². The summed E-state index contributed by atoms with van der Waals surface area (Å²) in [6.07, 6.45) is 2.06. The molecule has 0 bridgehead atoms. The van der Waals surface area contributed by atoms with Crippen LogP contribution in [-0.4, -0.2) is 17.4 Å².